The van der Waals surface area contributed by atoms with Crippen LogP contribution in [0, 0.1) is 0 Å². The van der Waals surface area contributed by atoms with E-state index < -0.39 is 0 Å². The van der Waals surface area contributed by atoms with Crippen molar-refractivity contribution >= 4 is 22.6 Å². The number of allylic oxidation sites excluding steroid dienone is 2. The fourth-order valence-electron chi connectivity index (χ4n) is 0.656. The first kappa shape index (κ1) is 12.3. The highest BCUT2D eigenvalue weighted by atomic mass is 35.5. The minimum atomic E-state index is -0.255. The third-order valence-electron chi connectivity index (χ3n) is 1.31. The van der Waals surface area contributed by atoms with Gasteiger partial charge in [0.25, 0.3) is 0 Å². The van der Waals surface area contributed by atoms with E-state index in [4.69, 9.17) is 16.3 Å². The smallest absolute Gasteiger partial charge is 0.220 e. The van der Waals surface area contributed by atoms with Gasteiger partial charge in [-0.2, -0.15) is 0 Å². The zero-order chi connectivity index (χ0) is 10.3. The molecule has 0 fully saturated rings. The molecule has 0 N–H and O–H groups in total. The molecule has 0 amide bonds. The van der Waals surface area contributed by atoms with E-state index in [9.17, 15) is 0 Å². The van der Waals surface area contributed by atoms with Gasteiger partial charge >= 0.3 is 0 Å². The maximum atomic E-state index is 5.73. The van der Waals surface area contributed by atoms with Crippen molar-refractivity contribution in [3.05, 3.63) is 12.2 Å². The number of methoxy groups -OCH3 is 1. The zero-order valence-electron chi connectivity index (χ0n) is 8.41. The van der Waals surface area contributed by atoms with Crippen molar-refractivity contribution in [1.82, 2.24) is 0 Å². The Labute approximate surface area is 84.2 Å². The minimum absolute atomic E-state index is 0.213. The third kappa shape index (κ3) is 6.49. The molecule has 0 aromatic rings. The Balaban J connectivity index is 4.34. The fourth-order valence-corrected chi connectivity index (χ4v) is 0.926. The highest BCUT2D eigenvalue weighted by molar-refractivity contribution is 6.65. The van der Waals surface area contributed by atoms with E-state index in [1.54, 1.807) is 14.0 Å². The molecule has 1 atom stereocenters. The van der Waals surface area contributed by atoms with Crippen LogP contribution in [0.3, 0.4) is 0 Å². The zero-order valence-corrected chi connectivity index (χ0v) is 9.17. The number of hydrogen-bond donors (Lipinski definition) is 0. The molecule has 0 spiro atoms. The Morgan fingerprint density at radius 3 is 2.62 bits per heavy atom. The highest BCUT2D eigenvalue weighted by Crippen LogP contribution is 1.97. The fraction of sp³-hybridized carbons (Fsp3) is 0.556. The largest absolute Gasteiger partial charge is 0.360 e. The Morgan fingerprint density at radius 2 is 2.15 bits per heavy atom. The van der Waals surface area contributed by atoms with Crippen molar-refractivity contribution in [3.63, 3.8) is 0 Å². The van der Waals surface area contributed by atoms with Crippen LogP contribution in [0.15, 0.2) is 22.1 Å². The molecule has 0 bridgehead atoms. The Morgan fingerprint density at radius 1 is 1.54 bits per heavy atom. The van der Waals surface area contributed by atoms with E-state index in [1.807, 2.05) is 26.0 Å². The molecule has 0 heterocycles. The van der Waals surface area contributed by atoms with Gasteiger partial charge in [0, 0.05) is 12.8 Å². The summed E-state index contributed by atoms with van der Waals surface area (Å²) in [4.78, 5) is 7.98. The summed E-state index contributed by atoms with van der Waals surface area (Å²) in [6.45, 7) is 5.57. The molecule has 13 heavy (non-hydrogen) atoms. The molecule has 0 radical (unpaired) electrons. The molecular formula is C9H15ClN2O. The van der Waals surface area contributed by atoms with Crippen LogP contribution in [0.5, 0.6) is 0 Å². The SMILES string of the molecule is C\C=C/C(C)=N/C(Cl)=N\C(C)OC. The minimum Gasteiger partial charge on any atom is -0.360 e. The molecule has 0 aromatic heterocycles. The number of rotatable bonds is 3. The first-order chi connectivity index (χ1) is 6.10. The van der Waals surface area contributed by atoms with Crippen molar-refractivity contribution in [2.45, 2.75) is 27.0 Å². The second-order valence-corrected chi connectivity index (χ2v) is 2.82. The van der Waals surface area contributed by atoms with E-state index in [0.717, 1.165) is 5.71 Å². The molecule has 1 unspecified atom stereocenters. The predicted molar refractivity (Wildman–Crippen MR) is 57.7 cm³/mol. The molecule has 0 saturated heterocycles. The Hall–Kier alpha value is -0.670. The maximum Gasteiger partial charge on any atom is 0.220 e. The lowest BCUT2D eigenvalue weighted by Crippen LogP contribution is -2.03. The van der Waals surface area contributed by atoms with Crippen LogP contribution >= 0.6 is 11.6 Å². The standard InChI is InChI=1S/C9H15ClN2O/c1-5-6-7(2)11-9(10)12-8(3)13-4/h5-6,8H,1-4H3/b6-5-,11-7+,12-9-. The lowest BCUT2D eigenvalue weighted by Gasteiger charge is -2.01. The molecule has 0 aliphatic heterocycles. The van der Waals surface area contributed by atoms with Crippen LogP contribution in [-0.2, 0) is 4.74 Å². The first-order valence-electron chi connectivity index (χ1n) is 4.04. The van der Waals surface area contributed by atoms with Gasteiger partial charge in [0.1, 0.15) is 6.23 Å². The van der Waals surface area contributed by atoms with Gasteiger partial charge in [-0.05, 0) is 38.4 Å². The molecule has 74 valence electrons. The summed E-state index contributed by atoms with van der Waals surface area (Å²) in [5, 5.41) is 0.213. The summed E-state index contributed by atoms with van der Waals surface area (Å²) >= 11 is 5.73. The topological polar surface area (TPSA) is 34.0 Å². The van der Waals surface area contributed by atoms with Crippen molar-refractivity contribution in [1.29, 1.82) is 0 Å². The summed E-state index contributed by atoms with van der Waals surface area (Å²) in [5.41, 5.74) is 0.819. The number of amidine groups is 1. The lowest BCUT2D eigenvalue weighted by molar-refractivity contribution is 0.126. The maximum absolute atomic E-state index is 5.73. The predicted octanol–water partition coefficient (Wildman–Crippen LogP) is 2.61. The van der Waals surface area contributed by atoms with Crippen LogP contribution in [0.25, 0.3) is 0 Å². The normalized spacial score (nSPS) is 16.7. The number of aliphatic imine (C=N–C) groups is 2. The van der Waals surface area contributed by atoms with E-state index >= 15 is 0 Å². The average molecular weight is 203 g/mol. The van der Waals surface area contributed by atoms with Crippen LogP contribution < -0.4 is 0 Å². The summed E-state index contributed by atoms with van der Waals surface area (Å²) in [5.74, 6) is 0. The van der Waals surface area contributed by atoms with Crippen molar-refractivity contribution < 1.29 is 4.74 Å². The van der Waals surface area contributed by atoms with Crippen LogP contribution in [0.1, 0.15) is 20.8 Å². The van der Waals surface area contributed by atoms with Gasteiger partial charge in [0.05, 0.1) is 0 Å². The van der Waals surface area contributed by atoms with Crippen molar-refractivity contribution in [3.8, 4) is 0 Å². The monoisotopic (exact) mass is 202 g/mol. The number of nitrogens with zero attached hydrogens (tertiary/aromatic N) is 2. The van der Waals surface area contributed by atoms with E-state index in [0.29, 0.717) is 0 Å². The number of halogens is 1. The number of ether oxygens (including phenoxy) is 1. The van der Waals surface area contributed by atoms with Crippen LogP contribution in [0.2, 0.25) is 0 Å². The van der Waals surface area contributed by atoms with Gasteiger partial charge in [-0.15, -0.1) is 0 Å². The summed E-state index contributed by atoms with van der Waals surface area (Å²) in [7, 11) is 1.57. The third-order valence-corrected chi connectivity index (χ3v) is 1.49. The van der Waals surface area contributed by atoms with Crippen LogP contribution in [0.4, 0.5) is 0 Å². The highest BCUT2D eigenvalue weighted by Gasteiger charge is 1.96. The van der Waals surface area contributed by atoms with Crippen LogP contribution in [-0.4, -0.2) is 24.3 Å². The van der Waals surface area contributed by atoms with Crippen molar-refractivity contribution in [2.24, 2.45) is 9.98 Å². The van der Waals surface area contributed by atoms with Gasteiger partial charge in [0.2, 0.25) is 5.29 Å². The quantitative estimate of drug-likeness (QED) is 0.394. The molecule has 0 saturated carbocycles. The van der Waals surface area contributed by atoms with Gasteiger partial charge in [0.15, 0.2) is 0 Å². The first-order valence-corrected chi connectivity index (χ1v) is 4.42. The average Bonchev–Trinajstić information content (AvgIpc) is 2.04. The number of hydrogen-bond acceptors (Lipinski definition) is 2. The van der Waals surface area contributed by atoms with Gasteiger partial charge < -0.3 is 4.74 Å². The molecule has 0 rings (SSSR count). The second-order valence-electron chi connectivity index (χ2n) is 2.49. The molecule has 0 aromatic carbocycles. The lowest BCUT2D eigenvalue weighted by atomic mass is 10.4. The summed E-state index contributed by atoms with van der Waals surface area (Å²) in [6.07, 6.45) is 3.49. The van der Waals surface area contributed by atoms with Gasteiger partial charge in [-0.25, -0.2) is 9.98 Å². The van der Waals surface area contributed by atoms with Gasteiger partial charge in [-0.3, -0.25) is 0 Å². The summed E-state index contributed by atoms with van der Waals surface area (Å²) in [6, 6.07) is 0. The Bertz CT molecular complexity index is 234. The van der Waals surface area contributed by atoms with Gasteiger partial charge in [-0.1, -0.05) is 6.08 Å². The molecule has 0 aliphatic carbocycles. The summed E-state index contributed by atoms with van der Waals surface area (Å²) < 4.78 is 4.90. The molecule has 3 nitrogen and oxygen atoms in total. The molecule has 0 aliphatic rings. The molecular weight excluding hydrogens is 188 g/mol. The van der Waals surface area contributed by atoms with E-state index in [2.05, 4.69) is 9.98 Å². The second kappa shape index (κ2) is 6.80. The Kier molecular flexibility index (Phi) is 6.45. The van der Waals surface area contributed by atoms with E-state index in [-0.39, 0.29) is 11.5 Å². The van der Waals surface area contributed by atoms with E-state index in [1.165, 1.54) is 0 Å². The van der Waals surface area contributed by atoms with Crippen molar-refractivity contribution in [2.75, 3.05) is 7.11 Å². The molecule has 4 heteroatoms.